The van der Waals surface area contributed by atoms with Crippen molar-refractivity contribution in [3.8, 4) is 0 Å². The molecule has 0 aromatic heterocycles. The molecule has 1 heterocycles. The third kappa shape index (κ3) is 4.78. The standard InChI is InChI=1S/C24H19Cl2FN2O3/c25-19-10-18(23(30)28-11-14-4-2-1-3-5-14)22(27)20(21(19)26)24(31)29-17-8-6-15(7-9-17)16-12-32-13-16/h1-10,16H,11-13H2,(H,28,30)(H,29,31). The fourth-order valence-corrected chi connectivity index (χ4v) is 3.73. The van der Waals surface area contributed by atoms with Crippen molar-refractivity contribution in [1.29, 1.82) is 0 Å². The van der Waals surface area contributed by atoms with Crippen molar-refractivity contribution < 1.29 is 18.7 Å². The molecule has 2 N–H and O–H groups in total. The molecule has 0 spiro atoms. The van der Waals surface area contributed by atoms with Crippen LogP contribution < -0.4 is 10.6 Å². The molecule has 0 saturated carbocycles. The summed E-state index contributed by atoms with van der Waals surface area (Å²) in [6, 6.07) is 17.5. The highest BCUT2D eigenvalue weighted by atomic mass is 35.5. The van der Waals surface area contributed by atoms with Crippen LogP contribution in [0.5, 0.6) is 0 Å². The van der Waals surface area contributed by atoms with Gasteiger partial charge >= 0.3 is 0 Å². The number of hydrogen-bond donors (Lipinski definition) is 2. The van der Waals surface area contributed by atoms with Crippen molar-refractivity contribution in [3.05, 3.63) is 98.8 Å². The van der Waals surface area contributed by atoms with Gasteiger partial charge in [-0.1, -0.05) is 65.7 Å². The Morgan fingerprint density at radius 3 is 2.31 bits per heavy atom. The molecule has 3 aromatic rings. The van der Waals surface area contributed by atoms with E-state index in [-0.39, 0.29) is 22.2 Å². The van der Waals surface area contributed by atoms with Gasteiger partial charge in [-0.2, -0.15) is 0 Å². The summed E-state index contributed by atoms with van der Waals surface area (Å²) in [5, 5.41) is 4.88. The average molecular weight is 473 g/mol. The predicted octanol–water partition coefficient (Wildman–Crippen LogP) is 5.43. The van der Waals surface area contributed by atoms with Gasteiger partial charge in [0.25, 0.3) is 11.8 Å². The van der Waals surface area contributed by atoms with E-state index in [1.807, 2.05) is 42.5 Å². The normalized spacial score (nSPS) is 13.3. The van der Waals surface area contributed by atoms with Gasteiger partial charge in [0, 0.05) is 18.2 Å². The van der Waals surface area contributed by atoms with Crippen LogP contribution in [0.1, 0.15) is 37.8 Å². The van der Waals surface area contributed by atoms with E-state index in [0.29, 0.717) is 24.8 Å². The molecule has 4 rings (SSSR count). The lowest BCUT2D eigenvalue weighted by Gasteiger charge is -2.26. The van der Waals surface area contributed by atoms with Gasteiger partial charge in [0.1, 0.15) is 5.82 Å². The van der Waals surface area contributed by atoms with Crippen LogP contribution in [-0.2, 0) is 11.3 Å². The van der Waals surface area contributed by atoms with E-state index in [0.717, 1.165) is 17.2 Å². The zero-order valence-corrected chi connectivity index (χ0v) is 18.3. The highest BCUT2D eigenvalue weighted by molar-refractivity contribution is 6.44. The van der Waals surface area contributed by atoms with Crippen LogP contribution in [0.3, 0.4) is 0 Å². The largest absolute Gasteiger partial charge is 0.380 e. The van der Waals surface area contributed by atoms with Crippen molar-refractivity contribution in [2.24, 2.45) is 0 Å². The fourth-order valence-electron chi connectivity index (χ4n) is 3.30. The van der Waals surface area contributed by atoms with Gasteiger partial charge in [-0.15, -0.1) is 0 Å². The van der Waals surface area contributed by atoms with Gasteiger partial charge in [0.2, 0.25) is 0 Å². The highest BCUT2D eigenvalue weighted by Crippen LogP contribution is 2.32. The second-order valence-corrected chi connectivity index (χ2v) is 8.17. The Labute approximate surface area is 194 Å². The lowest BCUT2D eigenvalue weighted by Crippen LogP contribution is -2.26. The monoisotopic (exact) mass is 472 g/mol. The van der Waals surface area contributed by atoms with Crippen LogP contribution >= 0.6 is 23.2 Å². The van der Waals surface area contributed by atoms with E-state index >= 15 is 4.39 Å². The summed E-state index contributed by atoms with van der Waals surface area (Å²) in [4.78, 5) is 25.4. The van der Waals surface area contributed by atoms with Crippen LogP contribution in [0.25, 0.3) is 0 Å². The number of anilines is 1. The molecule has 164 valence electrons. The third-order valence-electron chi connectivity index (χ3n) is 5.20. The van der Waals surface area contributed by atoms with Crippen LogP contribution in [0.4, 0.5) is 10.1 Å². The summed E-state index contributed by atoms with van der Waals surface area (Å²) in [5.74, 6) is -2.19. The van der Waals surface area contributed by atoms with Crippen molar-refractivity contribution in [2.75, 3.05) is 18.5 Å². The maximum atomic E-state index is 15.2. The molecular formula is C24H19Cl2FN2O3. The van der Waals surface area contributed by atoms with Crippen LogP contribution in [0.2, 0.25) is 10.0 Å². The van der Waals surface area contributed by atoms with Crippen molar-refractivity contribution in [2.45, 2.75) is 12.5 Å². The average Bonchev–Trinajstić information content (AvgIpc) is 2.75. The van der Waals surface area contributed by atoms with Crippen LogP contribution in [0, 0.1) is 5.82 Å². The van der Waals surface area contributed by atoms with E-state index < -0.39 is 23.2 Å². The Kier molecular flexibility index (Phi) is 6.74. The minimum absolute atomic E-state index is 0.0941. The minimum atomic E-state index is -1.04. The second-order valence-electron chi connectivity index (χ2n) is 7.39. The van der Waals surface area contributed by atoms with Gasteiger partial charge in [0.05, 0.1) is 34.4 Å². The molecule has 1 saturated heterocycles. The molecule has 0 aliphatic carbocycles. The fraction of sp³-hybridized carbons (Fsp3) is 0.167. The summed E-state index contributed by atoms with van der Waals surface area (Å²) in [6.45, 7) is 1.54. The lowest BCUT2D eigenvalue weighted by atomic mass is 9.97. The SMILES string of the molecule is O=C(NCc1ccccc1)c1cc(Cl)c(Cl)c(C(=O)Nc2ccc(C3COC3)cc2)c1F. The summed E-state index contributed by atoms with van der Waals surface area (Å²) < 4.78 is 20.4. The quantitative estimate of drug-likeness (QED) is 0.470. The van der Waals surface area contributed by atoms with E-state index in [2.05, 4.69) is 10.6 Å². The van der Waals surface area contributed by atoms with Gasteiger partial charge in [-0.3, -0.25) is 9.59 Å². The summed E-state index contributed by atoms with van der Waals surface area (Å²) in [5.41, 5.74) is 1.56. The van der Waals surface area contributed by atoms with Crippen molar-refractivity contribution in [1.82, 2.24) is 5.32 Å². The summed E-state index contributed by atoms with van der Waals surface area (Å²) in [6.07, 6.45) is 0. The zero-order valence-electron chi connectivity index (χ0n) is 16.8. The molecule has 0 atom stereocenters. The third-order valence-corrected chi connectivity index (χ3v) is 5.99. The molecule has 1 aliphatic rings. The number of halogens is 3. The number of rotatable bonds is 6. The zero-order chi connectivity index (χ0) is 22.7. The van der Waals surface area contributed by atoms with Gasteiger partial charge in [-0.05, 0) is 29.3 Å². The number of benzene rings is 3. The Balaban J connectivity index is 1.53. The first-order valence-corrected chi connectivity index (χ1v) is 10.7. The minimum Gasteiger partial charge on any atom is -0.380 e. The highest BCUT2D eigenvalue weighted by Gasteiger charge is 2.26. The summed E-state index contributed by atoms with van der Waals surface area (Å²) in [7, 11) is 0. The maximum absolute atomic E-state index is 15.2. The molecule has 5 nitrogen and oxygen atoms in total. The Bertz CT molecular complexity index is 1150. The number of nitrogens with one attached hydrogen (secondary N) is 2. The molecule has 1 fully saturated rings. The van der Waals surface area contributed by atoms with Gasteiger partial charge in [0.15, 0.2) is 0 Å². The molecule has 3 aromatic carbocycles. The van der Waals surface area contributed by atoms with Crippen LogP contribution in [-0.4, -0.2) is 25.0 Å². The molecule has 0 bridgehead atoms. The first-order chi connectivity index (χ1) is 15.4. The van der Waals surface area contributed by atoms with Crippen molar-refractivity contribution in [3.63, 3.8) is 0 Å². The number of amides is 2. The second kappa shape index (κ2) is 9.69. The molecule has 1 aliphatic heterocycles. The lowest BCUT2D eigenvalue weighted by molar-refractivity contribution is 0.00842. The molecule has 8 heteroatoms. The predicted molar refractivity (Wildman–Crippen MR) is 122 cm³/mol. The smallest absolute Gasteiger partial charge is 0.260 e. The number of ether oxygens (including phenoxy) is 1. The van der Waals surface area contributed by atoms with E-state index in [9.17, 15) is 9.59 Å². The first kappa shape index (κ1) is 22.3. The van der Waals surface area contributed by atoms with Crippen LogP contribution in [0.15, 0.2) is 60.7 Å². The molecule has 0 radical (unpaired) electrons. The Hall–Kier alpha value is -2.93. The first-order valence-electron chi connectivity index (χ1n) is 9.92. The number of carbonyl (C=O) groups is 2. The van der Waals surface area contributed by atoms with E-state index in [1.165, 1.54) is 0 Å². The Morgan fingerprint density at radius 1 is 1.00 bits per heavy atom. The number of hydrogen-bond acceptors (Lipinski definition) is 3. The van der Waals surface area contributed by atoms with Gasteiger partial charge in [-0.25, -0.2) is 4.39 Å². The maximum Gasteiger partial charge on any atom is 0.260 e. The molecular weight excluding hydrogens is 454 g/mol. The topological polar surface area (TPSA) is 67.4 Å². The van der Waals surface area contributed by atoms with E-state index in [1.54, 1.807) is 12.1 Å². The number of carbonyl (C=O) groups excluding carboxylic acids is 2. The van der Waals surface area contributed by atoms with Gasteiger partial charge < -0.3 is 15.4 Å². The summed E-state index contributed by atoms with van der Waals surface area (Å²) >= 11 is 12.2. The van der Waals surface area contributed by atoms with E-state index in [4.69, 9.17) is 27.9 Å². The van der Waals surface area contributed by atoms with Crippen molar-refractivity contribution >= 4 is 40.7 Å². The molecule has 0 unspecified atom stereocenters. The molecule has 2 amide bonds. The molecule has 32 heavy (non-hydrogen) atoms. The Morgan fingerprint density at radius 2 is 1.69 bits per heavy atom.